The SMILES string of the molecule is C=C[C@@H]1C[C@]1(NC(=O)[C@@H]1C[C@@H](OC2=CC(C(=O)OC)=N/C(=C/C(=C\C)OC)C2)CN1C(=O)[C@@H](CNC(=O)OC1CCCC1)C(C)(C)C)C(=O)OC. The molecule has 3 fully saturated rings. The maximum absolute atomic E-state index is 14.5. The molecular weight excluding hydrogens is 660 g/mol. The van der Waals surface area contributed by atoms with Crippen molar-refractivity contribution in [2.24, 2.45) is 22.2 Å². The van der Waals surface area contributed by atoms with E-state index in [-0.39, 0.29) is 49.6 Å². The number of amides is 3. The molecule has 51 heavy (non-hydrogen) atoms. The molecular formula is C37H52N4O10. The smallest absolute Gasteiger partial charge is 0.407 e. The van der Waals surface area contributed by atoms with E-state index in [2.05, 4.69) is 22.2 Å². The second-order valence-electron chi connectivity index (χ2n) is 14.4. The molecule has 4 aliphatic rings. The Kier molecular flexibility index (Phi) is 12.7. The van der Waals surface area contributed by atoms with Crippen LogP contribution in [0, 0.1) is 17.3 Å². The van der Waals surface area contributed by atoms with Crippen LogP contribution in [0.3, 0.4) is 0 Å². The first-order chi connectivity index (χ1) is 24.2. The molecule has 2 N–H and O–H groups in total. The van der Waals surface area contributed by atoms with E-state index in [1.807, 2.05) is 20.8 Å². The van der Waals surface area contributed by atoms with Crippen LogP contribution in [-0.2, 0) is 42.9 Å². The Morgan fingerprint density at radius 3 is 2.35 bits per heavy atom. The van der Waals surface area contributed by atoms with E-state index in [1.165, 1.54) is 32.3 Å². The zero-order chi connectivity index (χ0) is 37.5. The number of hydrogen-bond acceptors (Lipinski definition) is 11. The molecule has 2 aliphatic heterocycles. The van der Waals surface area contributed by atoms with E-state index in [9.17, 15) is 24.0 Å². The highest BCUT2D eigenvalue weighted by Gasteiger charge is 2.62. The number of hydrogen-bond donors (Lipinski definition) is 2. The third-order valence-electron chi connectivity index (χ3n) is 9.87. The molecule has 0 aromatic carbocycles. The highest BCUT2D eigenvalue weighted by atomic mass is 16.6. The lowest BCUT2D eigenvalue weighted by Crippen LogP contribution is -2.55. The van der Waals surface area contributed by atoms with E-state index in [1.54, 1.807) is 25.2 Å². The van der Waals surface area contributed by atoms with Gasteiger partial charge in [0.15, 0.2) is 5.71 Å². The standard InChI is InChI=1S/C37H52N4O10/c1-9-22-19-37(22,34(45)49-8)40-31(42)30-18-27(50-26-16-23(15-24(10-2)47-6)39-29(17-26)33(44)48-7)21-41(30)32(43)28(36(3,4)5)20-38-35(46)51-25-13-11-12-14-25/h9-10,15,17,22,25,27-28,30H,1,11-14,16,18-21H2,2-8H3,(H,38,46)(H,40,42)/b23-15+,24-10+/t22-,27-,28-,30+,37-/m1/s1. The van der Waals surface area contributed by atoms with Gasteiger partial charge in [0, 0.05) is 37.5 Å². The number of dihydropyridines is 1. The molecule has 0 unspecified atom stereocenters. The van der Waals surface area contributed by atoms with Gasteiger partial charge in [-0.1, -0.05) is 26.8 Å². The predicted molar refractivity (Wildman–Crippen MR) is 187 cm³/mol. The first kappa shape index (κ1) is 39.2. The maximum Gasteiger partial charge on any atom is 0.407 e. The number of likely N-dealkylation sites (tertiary alicyclic amines) is 1. The van der Waals surface area contributed by atoms with E-state index in [0.717, 1.165) is 25.7 Å². The fourth-order valence-electron chi connectivity index (χ4n) is 6.83. The summed E-state index contributed by atoms with van der Waals surface area (Å²) in [7, 11) is 4.02. The number of methoxy groups -OCH3 is 3. The second-order valence-corrected chi connectivity index (χ2v) is 14.4. The molecule has 2 saturated carbocycles. The Hall–Kier alpha value is -4.62. The number of esters is 2. The monoisotopic (exact) mass is 712 g/mol. The molecule has 1 saturated heterocycles. The molecule has 0 radical (unpaired) electrons. The summed E-state index contributed by atoms with van der Waals surface area (Å²) in [6.45, 7) is 11.2. The fraction of sp³-hybridized carbons (Fsp3) is 0.622. The van der Waals surface area contributed by atoms with Gasteiger partial charge in [0.25, 0.3) is 0 Å². The summed E-state index contributed by atoms with van der Waals surface area (Å²) in [6, 6.07) is -1.03. The first-order valence-electron chi connectivity index (χ1n) is 17.4. The molecule has 2 heterocycles. The second kappa shape index (κ2) is 16.6. The average molecular weight is 713 g/mol. The van der Waals surface area contributed by atoms with Gasteiger partial charge in [0.05, 0.1) is 39.5 Å². The molecule has 14 heteroatoms. The molecule has 2 aliphatic carbocycles. The number of ether oxygens (including phenoxy) is 5. The molecule has 4 rings (SSSR count). The Labute approximate surface area is 299 Å². The summed E-state index contributed by atoms with van der Waals surface area (Å²) in [5.41, 5.74) is -1.40. The van der Waals surface area contributed by atoms with E-state index in [4.69, 9.17) is 23.7 Å². The normalized spacial score (nSPS) is 26.3. The van der Waals surface area contributed by atoms with Gasteiger partial charge in [-0.3, -0.25) is 9.59 Å². The van der Waals surface area contributed by atoms with Gasteiger partial charge in [-0.2, -0.15) is 0 Å². The van der Waals surface area contributed by atoms with Crippen molar-refractivity contribution in [2.45, 2.75) is 96.4 Å². The number of nitrogens with one attached hydrogen (secondary N) is 2. The zero-order valence-corrected chi connectivity index (χ0v) is 30.7. The van der Waals surface area contributed by atoms with Crippen molar-refractivity contribution in [3.05, 3.63) is 48.1 Å². The van der Waals surface area contributed by atoms with Crippen molar-refractivity contribution >= 4 is 35.6 Å². The fourth-order valence-corrected chi connectivity index (χ4v) is 6.83. The van der Waals surface area contributed by atoms with Gasteiger partial charge in [-0.15, -0.1) is 6.58 Å². The summed E-state index contributed by atoms with van der Waals surface area (Å²) in [5, 5.41) is 5.64. The number of nitrogens with zero attached hydrogens (tertiary/aromatic N) is 2. The average Bonchev–Trinajstić information content (AvgIpc) is 3.36. The molecule has 0 bridgehead atoms. The van der Waals surface area contributed by atoms with E-state index in [0.29, 0.717) is 23.6 Å². The molecule has 0 aromatic heterocycles. The zero-order valence-electron chi connectivity index (χ0n) is 30.7. The van der Waals surface area contributed by atoms with Gasteiger partial charge in [-0.25, -0.2) is 19.4 Å². The third kappa shape index (κ3) is 9.39. The number of carbonyl (C=O) groups is 5. The Balaban J connectivity index is 1.61. The van der Waals surface area contributed by atoms with Crippen molar-refractivity contribution in [3.8, 4) is 0 Å². The minimum absolute atomic E-state index is 0.0140. The number of allylic oxidation sites excluding steroid dienone is 2. The Bertz CT molecular complexity index is 1500. The van der Waals surface area contributed by atoms with Crippen molar-refractivity contribution in [2.75, 3.05) is 34.4 Å². The van der Waals surface area contributed by atoms with Crippen molar-refractivity contribution in [1.82, 2.24) is 15.5 Å². The molecule has 14 nitrogen and oxygen atoms in total. The molecule has 0 aromatic rings. The van der Waals surface area contributed by atoms with Crippen molar-refractivity contribution in [1.29, 1.82) is 0 Å². The van der Waals surface area contributed by atoms with E-state index < -0.39 is 53.0 Å². The van der Waals surface area contributed by atoms with E-state index >= 15 is 0 Å². The number of alkyl carbamates (subject to hydrolysis) is 1. The largest absolute Gasteiger partial charge is 0.497 e. The van der Waals surface area contributed by atoms with Gasteiger partial charge in [-0.05, 0) is 50.5 Å². The lowest BCUT2D eigenvalue weighted by atomic mass is 9.79. The molecule has 5 atom stereocenters. The molecule has 280 valence electrons. The molecule has 3 amide bonds. The van der Waals surface area contributed by atoms with Crippen LogP contribution in [0.2, 0.25) is 0 Å². The summed E-state index contributed by atoms with van der Waals surface area (Å²) in [5.74, 6) is -2.34. The summed E-state index contributed by atoms with van der Waals surface area (Å²) >= 11 is 0. The number of rotatable bonds is 13. The van der Waals surface area contributed by atoms with Gasteiger partial charge >= 0.3 is 18.0 Å². The lowest BCUT2D eigenvalue weighted by Gasteiger charge is -2.35. The van der Waals surface area contributed by atoms with Crippen LogP contribution in [-0.4, -0.2) is 98.7 Å². The predicted octanol–water partition coefficient (Wildman–Crippen LogP) is 3.87. The van der Waals surface area contributed by atoms with Crippen molar-refractivity contribution in [3.63, 3.8) is 0 Å². The topological polar surface area (TPSA) is 171 Å². The van der Waals surface area contributed by atoms with Crippen LogP contribution in [0.25, 0.3) is 0 Å². The van der Waals surface area contributed by atoms with Crippen molar-refractivity contribution < 1.29 is 47.7 Å². The van der Waals surface area contributed by atoms with Crippen LogP contribution in [0.5, 0.6) is 0 Å². The highest BCUT2D eigenvalue weighted by molar-refractivity contribution is 6.41. The van der Waals surface area contributed by atoms with Gasteiger partial charge in [0.1, 0.15) is 35.3 Å². The Morgan fingerprint density at radius 1 is 1.08 bits per heavy atom. The van der Waals surface area contributed by atoms with Crippen LogP contribution >= 0.6 is 0 Å². The third-order valence-corrected chi connectivity index (χ3v) is 9.87. The lowest BCUT2D eigenvalue weighted by molar-refractivity contribution is -0.149. The molecule has 0 spiro atoms. The summed E-state index contributed by atoms with van der Waals surface area (Å²) in [6.07, 6.45) is 9.32. The maximum atomic E-state index is 14.5. The van der Waals surface area contributed by atoms with Crippen LogP contribution in [0.1, 0.15) is 72.6 Å². The number of carbonyl (C=O) groups excluding carboxylic acids is 5. The minimum Gasteiger partial charge on any atom is -0.497 e. The summed E-state index contributed by atoms with van der Waals surface area (Å²) < 4.78 is 27.3. The first-order valence-corrected chi connectivity index (χ1v) is 17.4. The highest BCUT2D eigenvalue weighted by Crippen LogP contribution is 2.46. The van der Waals surface area contributed by atoms with Gasteiger partial charge < -0.3 is 39.2 Å². The van der Waals surface area contributed by atoms with Crippen LogP contribution < -0.4 is 10.6 Å². The van der Waals surface area contributed by atoms with Crippen LogP contribution in [0.15, 0.2) is 53.1 Å². The summed E-state index contributed by atoms with van der Waals surface area (Å²) in [4.78, 5) is 72.5. The minimum atomic E-state index is -1.28. The van der Waals surface area contributed by atoms with Crippen LogP contribution in [0.4, 0.5) is 4.79 Å². The number of aliphatic imine (C=N–C) groups is 1. The quantitative estimate of drug-likeness (QED) is 0.124. The Morgan fingerprint density at radius 2 is 1.78 bits per heavy atom. The van der Waals surface area contributed by atoms with Gasteiger partial charge in [0.2, 0.25) is 11.8 Å².